The Morgan fingerprint density at radius 1 is 1.50 bits per heavy atom. The number of rotatable bonds is 3. The molecule has 1 aromatic carbocycles. The minimum atomic E-state index is -1.05. The molecule has 0 aliphatic heterocycles. The van der Waals surface area contributed by atoms with Gasteiger partial charge in [-0.25, -0.2) is 9.18 Å². The van der Waals surface area contributed by atoms with Gasteiger partial charge in [0, 0.05) is 5.56 Å². The van der Waals surface area contributed by atoms with Gasteiger partial charge in [0.1, 0.15) is 11.4 Å². The predicted octanol–water partition coefficient (Wildman–Crippen LogP) is 2.26. The lowest BCUT2D eigenvalue weighted by atomic mass is 10.1. The quantitative estimate of drug-likeness (QED) is 0.930. The van der Waals surface area contributed by atoms with E-state index in [0.717, 1.165) is 6.07 Å². The van der Waals surface area contributed by atoms with Crippen LogP contribution in [0.3, 0.4) is 0 Å². The Labute approximate surface area is 114 Å². The lowest BCUT2D eigenvalue weighted by Gasteiger charge is -2.06. The summed E-state index contributed by atoms with van der Waals surface area (Å²) in [4.78, 5) is 11.1. The second-order valence-electron chi connectivity index (χ2n) is 4.43. The van der Waals surface area contributed by atoms with Crippen LogP contribution in [0.15, 0.2) is 18.2 Å². The van der Waals surface area contributed by atoms with Crippen molar-refractivity contribution < 1.29 is 14.3 Å². The first-order valence-electron chi connectivity index (χ1n) is 5.90. The van der Waals surface area contributed by atoms with E-state index in [1.54, 1.807) is 13.8 Å². The number of halogens is 1. The molecule has 0 fully saturated rings. The van der Waals surface area contributed by atoms with E-state index in [9.17, 15) is 9.18 Å². The highest BCUT2D eigenvalue weighted by atomic mass is 19.1. The van der Waals surface area contributed by atoms with Gasteiger partial charge in [-0.1, -0.05) is 6.07 Å². The first-order valence-corrected chi connectivity index (χ1v) is 5.90. The molecule has 0 radical (unpaired) electrons. The fraction of sp³-hybridized carbons (Fsp3) is 0.214. The number of aromatic nitrogens is 2. The molecule has 0 aliphatic rings. The van der Waals surface area contributed by atoms with E-state index in [2.05, 4.69) is 5.10 Å². The van der Waals surface area contributed by atoms with Crippen molar-refractivity contribution in [3.05, 3.63) is 52.1 Å². The second-order valence-corrected chi connectivity index (χ2v) is 4.43. The number of aryl methyl sites for hydroxylation is 1. The van der Waals surface area contributed by atoms with Gasteiger partial charge in [0.05, 0.1) is 29.6 Å². The zero-order valence-corrected chi connectivity index (χ0v) is 11.0. The van der Waals surface area contributed by atoms with E-state index < -0.39 is 11.8 Å². The van der Waals surface area contributed by atoms with Crippen molar-refractivity contribution in [3.63, 3.8) is 0 Å². The number of aromatic carboxylic acids is 1. The summed E-state index contributed by atoms with van der Waals surface area (Å²) in [6.07, 6.45) is 0. The topological polar surface area (TPSA) is 78.9 Å². The standard InChI is InChI=1S/C14H12FN3O2/c1-8-13(14(19)20)9(2)18(17-8)7-11-4-3-10(6-16)5-12(11)15/h3-5H,7H2,1-2H3,(H,19,20). The second kappa shape index (κ2) is 5.13. The number of hydrogen-bond donors (Lipinski definition) is 1. The largest absolute Gasteiger partial charge is 0.478 e. The molecule has 1 heterocycles. The molecule has 5 nitrogen and oxygen atoms in total. The normalized spacial score (nSPS) is 10.3. The molecule has 20 heavy (non-hydrogen) atoms. The van der Waals surface area contributed by atoms with E-state index in [1.807, 2.05) is 6.07 Å². The molecule has 0 amide bonds. The average Bonchev–Trinajstić information content (AvgIpc) is 2.66. The first-order chi connectivity index (χ1) is 9.43. The number of carboxylic acid groups (broad SMARTS) is 1. The molecular formula is C14H12FN3O2. The van der Waals surface area contributed by atoms with Gasteiger partial charge in [-0.05, 0) is 26.0 Å². The van der Waals surface area contributed by atoms with Crippen LogP contribution in [-0.2, 0) is 6.54 Å². The first kappa shape index (κ1) is 13.7. The summed E-state index contributed by atoms with van der Waals surface area (Å²) in [5, 5.41) is 21.9. The van der Waals surface area contributed by atoms with Crippen molar-refractivity contribution in [2.45, 2.75) is 20.4 Å². The Bertz CT molecular complexity index is 729. The molecule has 0 atom stereocenters. The summed E-state index contributed by atoms with van der Waals surface area (Å²) in [7, 11) is 0. The molecule has 102 valence electrons. The molecule has 2 rings (SSSR count). The smallest absolute Gasteiger partial charge is 0.339 e. The number of carbonyl (C=O) groups is 1. The molecule has 0 bridgehead atoms. The van der Waals surface area contributed by atoms with Crippen LogP contribution in [0.4, 0.5) is 4.39 Å². The molecule has 0 spiro atoms. The molecule has 0 saturated heterocycles. The summed E-state index contributed by atoms with van der Waals surface area (Å²) in [5.41, 5.74) is 1.60. The molecule has 1 N–H and O–H groups in total. The Balaban J connectivity index is 2.39. The van der Waals surface area contributed by atoms with Crippen molar-refractivity contribution in [2.24, 2.45) is 0 Å². The summed E-state index contributed by atoms with van der Waals surface area (Å²) in [6.45, 7) is 3.35. The number of benzene rings is 1. The molecule has 0 unspecified atom stereocenters. The van der Waals surface area contributed by atoms with E-state index >= 15 is 0 Å². The van der Waals surface area contributed by atoms with Crippen molar-refractivity contribution in [1.82, 2.24) is 9.78 Å². The summed E-state index contributed by atoms with van der Waals surface area (Å²) in [6, 6.07) is 6.03. The van der Waals surface area contributed by atoms with Crippen LogP contribution in [-0.4, -0.2) is 20.9 Å². The molecule has 0 aliphatic carbocycles. The van der Waals surface area contributed by atoms with Crippen LogP contribution in [0.25, 0.3) is 0 Å². The van der Waals surface area contributed by atoms with Gasteiger partial charge in [0.2, 0.25) is 0 Å². The van der Waals surface area contributed by atoms with Crippen molar-refractivity contribution >= 4 is 5.97 Å². The van der Waals surface area contributed by atoms with Crippen LogP contribution in [0.5, 0.6) is 0 Å². The van der Waals surface area contributed by atoms with Crippen LogP contribution in [0, 0.1) is 31.0 Å². The van der Waals surface area contributed by atoms with E-state index in [-0.39, 0.29) is 17.7 Å². The molecule has 0 saturated carbocycles. The Morgan fingerprint density at radius 3 is 2.70 bits per heavy atom. The average molecular weight is 273 g/mol. The van der Waals surface area contributed by atoms with Crippen molar-refractivity contribution in [3.8, 4) is 6.07 Å². The fourth-order valence-electron chi connectivity index (χ4n) is 2.07. The van der Waals surface area contributed by atoms with Gasteiger partial charge in [-0.2, -0.15) is 10.4 Å². The van der Waals surface area contributed by atoms with Gasteiger partial charge < -0.3 is 5.11 Å². The van der Waals surface area contributed by atoms with Gasteiger partial charge in [0.15, 0.2) is 0 Å². The van der Waals surface area contributed by atoms with Crippen molar-refractivity contribution in [1.29, 1.82) is 5.26 Å². The highest BCUT2D eigenvalue weighted by Crippen LogP contribution is 2.17. The monoisotopic (exact) mass is 273 g/mol. The highest BCUT2D eigenvalue weighted by Gasteiger charge is 2.18. The highest BCUT2D eigenvalue weighted by molar-refractivity contribution is 5.90. The Morgan fingerprint density at radius 2 is 2.20 bits per heavy atom. The summed E-state index contributed by atoms with van der Waals surface area (Å²) < 4.78 is 15.3. The van der Waals surface area contributed by atoms with Gasteiger partial charge in [-0.3, -0.25) is 4.68 Å². The zero-order chi connectivity index (χ0) is 14.9. The summed E-state index contributed by atoms with van der Waals surface area (Å²) in [5.74, 6) is -1.56. The van der Waals surface area contributed by atoms with E-state index in [4.69, 9.17) is 10.4 Å². The van der Waals surface area contributed by atoms with Crippen LogP contribution in [0.1, 0.15) is 32.9 Å². The van der Waals surface area contributed by atoms with Crippen molar-refractivity contribution in [2.75, 3.05) is 0 Å². The number of nitrogens with zero attached hydrogens (tertiary/aromatic N) is 3. The molecular weight excluding hydrogens is 261 g/mol. The maximum Gasteiger partial charge on any atom is 0.339 e. The third-order valence-corrected chi connectivity index (χ3v) is 3.10. The van der Waals surface area contributed by atoms with Crippen LogP contribution < -0.4 is 0 Å². The van der Waals surface area contributed by atoms with E-state index in [1.165, 1.54) is 16.8 Å². The third-order valence-electron chi connectivity index (χ3n) is 3.10. The number of hydrogen-bond acceptors (Lipinski definition) is 3. The van der Waals surface area contributed by atoms with Gasteiger partial charge in [0.25, 0.3) is 0 Å². The number of nitriles is 1. The van der Waals surface area contributed by atoms with E-state index in [0.29, 0.717) is 17.0 Å². The van der Waals surface area contributed by atoms with Crippen LogP contribution >= 0.6 is 0 Å². The fourth-order valence-corrected chi connectivity index (χ4v) is 2.07. The Hall–Kier alpha value is -2.68. The maximum absolute atomic E-state index is 13.8. The predicted molar refractivity (Wildman–Crippen MR) is 68.9 cm³/mol. The zero-order valence-electron chi connectivity index (χ0n) is 11.0. The molecule has 6 heteroatoms. The lowest BCUT2D eigenvalue weighted by Crippen LogP contribution is -2.07. The maximum atomic E-state index is 13.8. The van der Waals surface area contributed by atoms with Gasteiger partial charge >= 0.3 is 5.97 Å². The summed E-state index contributed by atoms with van der Waals surface area (Å²) >= 11 is 0. The lowest BCUT2D eigenvalue weighted by molar-refractivity contribution is 0.0695. The van der Waals surface area contributed by atoms with Crippen LogP contribution in [0.2, 0.25) is 0 Å². The molecule has 1 aromatic heterocycles. The minimum Gasteiger partial charge on any atom is -0.478 e. The Kier molecular flexibility index (Phi) is 3.53. The minimum absolute atomic E-state index is 0.123. The number of carboxylic acids is 1. The SMILES string of the molecule is Cc1nn(Cc2ccc(C#N)cc2F)c(C)c1C(=O)O. The molecule has 2 aromatic rings. The third kappa shape index (κ3) is 2.38. The van der Waals surface area contributed by atoms with Gasteiger partial charge in [-0.15, -0.1) is 0 Å².